The molecule has 2 rings (SSSR count). The molecule has 20 heavy (non-hydrogen) atoms. The summed E-state index contributed by atoms with van der Waals surface area (Å²) < 4.78 is 4.89. The maximum absolute atomic E-state index is 12.2. The molecule has 0 saturated heterocycles. The van der Waals surface area contributed by atoms with E-state index in [4.69, 9.17) is 4.74 Å². The van der Waals surface area contributed by atoms with Crippen molar-refractivity contribution in [3.8, 4) is 0 Å². The lowest BCUT2D eigenvalue weighted by atomic mass is 10.1. The highest BCUT2D eigenvalue weighted by Crippen LogP contribution is 2.15. The van der Waals surface area contributed by atoms with Gasteiger partial charge in [0.05, 0.1) is 12.8 Å². The van der Waals surface area contributed by atoms with Gasteiger partial charge >= 0.3 is 5.97 Å². The molecule has 2 aromatic rings. The maximum Gasteiger partial charge on any atom is 0.343 e. The van der Waals surface area contributed by atoms with E-state index in [1.807, 2.05) is 19.1 Å². The molecule has 1 heterocycles. The standard InChI is InChI=1S/C14H15N3O3/c1-3-20-14(19)11-8-15-17-12(11)16-13(18)10-7-5-4-6-9(10)2/h4-8H,3H2,1-2H3,(H2,15,16,17,18). The number of amides is 1. The second-order valence-corrected chi connectivity index (χ2v) is 4.15. The molecule has 2 N–H and O–H groups in total. The molecule has 1 amide bonds. The molecule has 0 saturated carbocycles. The zero-order chi connectivity index (χ0) is 14.5. The van der Waals surface area contributed by atoms with E-state index in [9.17, 15) is 9.59 Å². The summed E-state index contributed by atoms with van der Waals surface area (Å²) in [6.45, 7) is 3.81. The van der Waals surface area contributed by atoms with Gasteiger partial charge in [-0.3, -0.25) is 9.89 Å². The lowest BCUT2D eigenvalue weighted by Gasteiger charge is -2.07. The molecule has 6 heteroatoms. The second-order valence-electron chi connectivity index (χ2n) is 4.15. The molecule has 0 fully saturated rings. The van der Waals surface area contributed by atoms with Crippen LogP contribution >= 0.6 is 0 Å². The van der Waals surface area contributed by atoms with Gasteiger partial charge in [-0.1, -0.05) is 18.2 Å². The predicted molar refractivity (Wildman–Crippen MR) is 73.7 cm³/mol. The van der Waals surface area contributed by atoms with E-state index in [-0.39, 0.29) is 23.9 Å². The molecule has 104 valence electrons. The van der Waals surface area contributed by atoms with Crippen molar-refractivity contribution in [2.24, 2.45) is 0 Å². The number of anilines is 1. The minimum Gasteiger partial charge on any atom is -0.462 e. The molecule has 0 radical (unpaired) electrons. The van der Waals surface area contributed by atoms with Crippen LogP contribution in [0.1, 0.15) is 33.2 Å². The fourth-order valence-electron chi connectivity index (χ4n) is 1.75. The summed E-state index contributed by atoms with van der Waals surface area (Å²) in [5.74, 6) is -0.601. The van der Waals surface area contributed by atoms with Crippen LogP contribution < -0.4 is 5.32 Å². The normalized spacial score (nSPS) is 10.1. The molecule has 0 spiro atoms. The van der Waals surface area contributed by atoms with E-state index in [1.165, 1.54) is 6.20 Å². The molecule has 1 aromatic carbocycles. The lowest BCUT2D eigenvalue weighted by Crippen LogP contribution is -2.16. The number of hydrogen-bond donors (Lipinski definition) is 2. The average molecular weight is 273 g/mol. The predicted octanol–water partition coefficient (Wildman–Crippen LogP) is 2.15. The molecule has 1 aromatic heterocycles. The van der Waals surface area contributed by atoms with Gasteiger partial charge in [-0.25, -0.2) is 4.79 Å². The number of hydrogen-bond acceptors (Lipinski definition) is 4. The molecule has 0 aliphatic rings. The third-order valence-electron chi connectivity index (χ3n) is 2.76. The van der Waals surface area contributed by atoms with Crippen LogP contribution in [0.25, 0.3) is 0 Å². The topological polar surface area (TPSA) is 84.1 Å². The second kappa shape index (κ2) is 6.01. The Balaban J connectivity index is 2.19. The van der Waals surface area contributed by atoms with Crippen LogP contribution in [0.15, 0.2) is 30.5 Å². The van der Waals surface area contributed by atoms with Crippen LogP contribution in [0.5, 0.6) is 0 Å². The highest BCUT2D eigenvalue weighted by Gasteiger charge is 2.18. The molecular weight excluding hydrogens is 258 g/mol. The van der Waals surface area contributed by atoms with Gasteiger partial charge in [0.1, 0.15) is 11.4 Å². The summed E-state index contributed by atoms with van der Waals surface area (Å²) in [4.78, 5) is 23.8. The number of nitrogens with one attached hydrogen (secondary N) is 2. The largest absolute Gasteiger partial charge is 0.462 e. The number of esters is 1. The first kappa shape index (κ1) is 13.8. The van der Waals surface area contributed by atoms with Crippen molar-refractivity contribution in [3.05, 3.63) is 47.2 Å². The summed E-state index contributed by atoms with van der Waals surface area (Å²) in [5.41, 5.74) is 1.59. The zero-order valence-corrected chi connectivity index (χ0v) is 11.3. The molecule has 0 bridgehead atoms. The van der Waals surface area contributed by atoms with Crippen molar-refractivity contribution in [1.82, 2.24) is 10.2 Å². The van der Waals surface area contributed by atoms with E-state index < -0.39 is 5.97 Å². The quantitative estimate of drug-likeness (QED) is 0.836. The fraction of sp³-hybridized carbons (Fsp3) is 0.214. The smallest absolute Gasteiger partial charge is 0.343 e. The number of nitrogens with zero attached hydrogens (tertiary/aromatic N) is 1. The van der Waals surface area contributed by atoms with Gasteiger partial charge in [0.15, 0.2) is 0 Å². The van der Waals surface area contributed by atoms with Crippen molar-refractivity contribution in [2.75, 3.05) is 11.9 Å². The van der Waals surface area contributed by atoms with E-state index in [0.29, 0.717) is 5.56 Å². The minimum absolute atomic E-state index is 0.203. The first-order chi connectivity index (χ1) is 9.63. The zero-order valence-electron chi connectivity index (χ0n) is 11.3. The summed E-state index contributed by atoms with van der Waals surface area (Å²) in [6, 6.07) is 7.19. The number of aromatic amines is 1. The lowest BCUT2D eigenvalue weighted by molar-refractivity contribution is 0.0527. The number of rotatable bonds is 4. The monoisotopic (exact) mass is 273 g/mol. The number of aromatic nitrogens is 2. The van der Waals surface area contributed by atoms with Crippen molar-refractivity contribution in [2.45, 2.75) is 13.8 Å². The van der Waals surface area contributed by atoms with Gasteiger partial charge < -0.3 is 10.1 Å². The maximum atomic E-state index is 12.2. The van der Waals surface area contributed by atoms with Crippen molar-refractivity contribution < 1.29 is 14.3 Å². The summed E-state index contributed by atoms with van der Waals surface area (Å²) in [6.07, 6.45) is 1.32. The number of benzene rings is 1. The first-order valence-corrected chi connectivity index (χ1v) is 6.21. The molecule has 0 atom stereocenters. The van der Waals surface area contributed by atoms with Gasteiger partial charge in [-0.2, -0.15) is 5.10 Å². The van der Waals surface area contributed by atoms with E-state index >= 15 is 0 Å². The Hall–Kier alpha value is -2.63. The van der Waals surface area contributed by atoms with E-state index in [1.54, 1.807) is 19.1 Å². The van der Waals surface area contributed by atoms with Crippen LogP contribution in [0.3, 0.4) is 0 Å². The van der Waals surface area contributed by atoms with Crippen LogP contribution in [0, 0.1) is 6.92 Å². The molecule has 0 aliphatic heterocycles. The Kier molecular flexibility index (Phi) is 4.14. The van der Waals surface area contributed by atoms with Gasteiger partial charge in [-0.15, -0.1) is 0 Å². The number of carbonyl (C=O) groups is 2. The number of aryl methyl sites for hydroxylation is 1. The van der Waals surface area contributed by atoms with Gasteiger partial charge in [0, 0.05) is 5.56 Å². The summed E-state index contributed by atoms with van der Waals surface area (Å²) >= 11 is 0. The first-order valence-electron chi connectivity index (χ1n) is 6.21. The van der Waals surface area contributed by atoms with Crippen molar-refractivity contribution in [3.63, 3.8) is 0 Å². The van der Waals surface area contributed by atoms with Crippen LogP contribution in [0.4, 0.5) is 5.82 Å². The van der Waals surface area contributed by atoms with Crippen LogP contribution in [-0.2, 0) is 4.74 Å². The third-order valence-corrected chi connectivity index (χ3v) is 2.76. The number of H-pyrrole nitrogens is 1. The van der Waals surface area contributed by atoms with Crippen LogP contribution in [0.2, 0.25) is 0 Å². The van der Waals surface area contributed by atoms with E-state index in [0.717, 1.165) is 5.56 Å². The van der Waals surface area contributed by atoms with Crippen molar-refractivity contribution >= 4 is 17.7 Å². The Morgan fingerprint density at radius 2 is 2.05 bits per heavy atom. The molecule has 6 nitrogen and oxygen atoms in total. The van der Waals surface area contributed by atoms with Crippen molar-refractivity contribution in [1.29, 1.82) is 0 Å². The summed E-state index contributed by atoms with van der Waals surface area (Å²) in [5, 5.41) is 8.97. The average Bonchev–Trinajstić information content (AvgIpc) is 2.87. The van der Waals surface area contributed by atoms with Gasteiger partial charge in [0.2, 0.25) is 0 Å². The third kappa shape index (κ3) is 2.85. The molecular formula is C14H15N3O3. The SMILES string of the molecule is CCOC(=O)c1cn[nH]c1NC(=O)c1ccccc1C. The Bertz CT molecular complexity index is 634. The molecule has 0 aliphatic carbocycles. The van der Waals surface area contributed by atoms with Gasteiger partial charge in [0.25, 0.3) is 5.91 Å². The number of ether oxygens (including phenoxy) is 1. The minimum atomic E-state index is -0.527. The fourth-order valence-corrected chi connectivity index (χ4v) is 1.75. The Morgan fingerprint density at radius 1 is 1.30 bits per heavy atom. The highest BCUT2D eigenvalue weighted by atomic mass is 16.5. The van der Waals surface area contributed by atoms with Gasteiger partial charge in [-0.05, 0) is 25.5 Å². The summed E-state index contributed by atoms with van der Waals surface area (Å²) in [7, 11) is 0. The molecule has 0 unspecified atom stereocenters. The Labute approximate surface area is 116 Å². The van der Waals surface area contributed by atoms with E-state index in [2.05, 4.69) is 15.5 Å². The Morgan fingerprint density at radius 3 is 2.75 bits per heavy atom. The van der Waals surface area contributed by atoms with Crippen LogP contribution in [-0.4, -0.2) is 28.7 Å². The number of carbonyl (C=O) groups excluding carboxylic acids is 2. The highest BCUT2D eigenvalue weighted by molar-refractivity contribution is 6.07.